The van der Waals surface area contributed by atoms with Crippen molar-refractivity contribution in [2.75, 3.05) is 10.2 Å². The quantitative estimate of drug-likeness (QED) is 0.706. The Balaban J connectivity index is 1.53. The number of aromatic nitrogens is 1. The molecule has 0 radical (unpaired) electrons. The molecule has 5 heteroatoms. The molecule has 0 saturated carbocycles. The summed E-state index contributed by atoms with van der Waals surface area (Å²) in [5, 5.41) is 3.34. The Morgan fingerprint density at radius 1 is 1.15 bits per heavy atom. The summed E-state index contributed by atoms with van der Waals surface area (Å²) < 4.78 is 0. The van der Waals surface area contributed by atoms with Crippen LogP contribution >= 0.6 is 11.6 Å². The Morgan fingerprint density at radius 2 is 2.00 bits per heavy atom. The van der Waals surface area contributed by atoms with E-state index in [1.807, 2.05) is 12.1 Å². The summed E-state index contributed by atoms with van der Waals surface area (Å²) in [6.45, 7) is 2.20. The van der Waals surface area contributed by atoms with Crippen molar-refractivity contribution in [3.05, 3.63) is 83.0 Å². The lowest BCUT2D eigenvalue weighted by Gasteiger charge is -2.24. The molecule has 4 nitrogen and oxygen atoms in total. The molecule has 2 heterocycles. The summed E-state index contributed by atoms with van der Waals surface area (Å²) >= 11 is 5.94. The van der Waals surface area contributed by atoms with E-state index in [-0.39, 0.29) is 5.91 Å². The van der Waals surface area contributed by atoms with Crippen molar-refractivity contribution in [1.29, 1.82) is 0 Å². The SMILES string of the molecule is CC1Cc2ccccc2N1c1ccc(NC(=O)c2cccc(Cl)c2)nc1. The average Bonchev–Trinajstić information content (AvgIpc) is 2.98. The summed E-state index contributed by atoms with van der Waals surface area (Å²) in [6.07, 6.45) is 2.82. The number of carbonyl (C=O) groups excluding carboxylic acids is 1. The minimum absolute atomic E-state index is 0.229. The topological polar surface area (TPSA) is 45.2 Å². The fraction of sp³-hybridized carbons (Fsp3) is 0.143. The van der Waals surface area contributed by atoms with Gasteiger partial charge in [-0.3, -0.25) is 4.79 Å². The van der Waals surface area contributed by atoms with E-state index in [0.717, 1.165) is 12.1 Å². The van der Waals surface area contributed by atoms with E-state index in [1.54, 1.807) is 30.5 Å². The zero-order valence-corrected chi connectivity index (χ0v) is 15.1. The van der Waals surface area contributed by atoms with E-state index in [4.69, 9.17) is 11.6 Å². The van der Waals surface area contributed by atoms with E-state index in [2.05, 4.69) is 46.4 Å². The number of rotatable bonds is 3. The molecule has 3 aromatic rings. The van der Waals surface area contributed by atoms with Crippen LogP contribution in [0.15, 0.2) is 66.9 Å². The van der Waals surface area contributed by atoms with Crippen molar-refractivity contribution in [3.63, 3.8) is 0 Å². The van der Waals surface area contributed by atoms with Gasteiger partial charge in [0.1, 0.15) is 5.82 Å². The first kappa shape index (κ1) is 16.6. The third-order valence-corrected chi connectivity index (χ3v) is 4.80. The van der Waals surface area contributed by atoms with Crippen molar-refractivity contribution in [2.24, 2.45) is 0 Å². The number of benzene rings is 2. The molecule has 4 rings (SSSR count). The predicted octanol–water partition coefficient (Wildman–Crippen LogP) is 5.07. The monoisotopic (exact) mass is 363 g/mol. The van der Waals surface area contributed by atoms with E-state index >= 15 is 0 Å². The summed E-state index contributed by atoms with van der Waals surface area (Å²) in [5.74, 6) is 0.284. The highest BCUT2D eigenvalue weighted by Gasteiger charge is 2.26. The molecule has 1 aliphatic rings. The summed E-state index contributed by atoms with van der Waals surface area (Å²) in [5.41, 5.74) is 4.09. The predicted molar refractivity (Wildman–Crippen MR) is 105 cm³/mol. The second-order valence-electron chi connectivity index (χ2n) is 6.42. The largest absolute Gasteiger partial charge is 0.337 e. The highest BCUT2D eigenvalue weighted by atomic mass is 35.5. The van der Waals surface area contributed by atoms with Gasteiger partial charge in [0.25, 0.3) is 5.91 Å². The Hall–Kier alpha value is -2.85. The van der Waals surface area contributed by atoms with Gasteiger partial charge in [-0.15, -0.1) is 0 Å². The van der Waals surface area contributed by atoms with E-state index in [0.29, 0.717) is 22.4 Å². The average molecular weight is 364 g/mol. The molecule has 1 N–H and O–H groups in total. The number of nitrogens with one attached hydrogen (secondary N) is 1. The third kappa shape index (κ3) is 3.16. The highest BCUT2D eigenvalue weighted by Crippen LogP contribution is 2.37. The Kier molecular flexibility index (Phi) is 4.35. The molecular weight excluding hydrogens is 346 g/mol. The van der Waals surface area contributed by atoms with Crippen molar-refractivity contribution in [3.8, 4) is 0 Å². The second-order valence-corrected chi connectivity index (χ2v) is 6.85. The normalized spacial score (nSPS) is 15.6. The third-order valence-electron chi connectivity index (χ3n) is 4.56. The molecule has 1 aliphatic heterocycles. The summed E-state index contributed by atoms with van der Waals surface area (Å²) in [4.78, 5) is 19.0. The second kappa shape index (κ2) is 6.81. The van der Waals surface area contributed by atoms with Crippen molar-refractivity contribution in [1.82, 2.24) is 4.98 Å². The fourth-order valence-electron chi connectivity index (χ4n) is 3.38. The molecule has 26 heavy (non-hydrogen) atoms. The van der Waals surface area contributed by atoms with E-state index < -0.39 is 0 Å². The number of anilines is 3. The first-order valence-corrected chi connectivity index (χ1v) is 8.90. The maximum atomic E-state index is 12.3. The van der Waals surface area contributed by atoms with Crippen LogP contribution in [0.5, 0.6) is 0 Å². The van der Waals surface area contributed by atoms with Gasteiger partial charge in [-0.1, -0.05) is 35.9 Å². The summed E-state index contributed by atoms with van der Waals surface area (Å²) in [6, 6.07) is 19.4. The summed E-state index contributed by atoms with van der Waals surface area (Å²) in [7, 11) is 0. The number of hydrogen-bond acceptors (Lipinski definition) is 3. The van der Waals surface area contributed by atoms with E-state index in [9.17, 15) is 4.79 Å². The van der Waals surface area contributed by atoms with Gasteiger partial charge in [0.2, 0.25) is 0 Å². The van der Waals surface area contributed by atoms with Gasteiger partial charge in [0, 0.05) is 22.3 Å². The molecule has 0 bridgehead atoms. The lowest BCUT2D eigenvalue weighted by Crippen LogP contribution is -2.24. The number of para-hydroxylation sites is 1. The Labute approximate surface area is 157 Å². The molecule has 1 amide bonds. The number of nitrogens with zero attached hydrogens (tertiary/aromatic N) is 2. The van der Waals surface area contributed by atoms with Gasteiger partial charge in [-0.05, 0) is 55.3 Å². The maximum Gasteiger partial charge on any atom is 0.256 e. The van der Waals surface area contributed by atoms with Crippen molar-refractivity contribution < 1.29 is 4.79 Å². The number of fused-ring (bicyclic) bond motifs is 1. The van der Waals surface area contributed by atoms with Gasteiger partial charge in [-0.25, -0.2) is 4.98 Å². The minimum atomic E-state index is -0.229. The van der Waals surface area contributed by atoms with Crippen LogP contribution in [0.3, 0.4) is 0 Å². The van der Waals surface area contributed by atoms with Gasteiger partial charge in [0.15, 0.2) is 0 Å². The Morgan fingerprint density at radius 3 is 2.77 bits per heavy atom. The van der Waals surface area contributed by atoms with Crippen LogP contribution < -0.4 is 10.2 Å². The first-order valence-electron chi connectivity index (χ1n) is 8.52. The number of hydrogen-bond donors (Lipinski definition) is 1. The first-order chi connectivity index (χ1) is 12.6. The highest BCUT2D eigenvalue weighted by molar-refractivity contribution is 6.31. The van der Waals surface area contributed by atoms with Crippen LogP contribution in [-0.4, -0.2) is 16.9 Å². The zero-order chi connectivity index (χ0) is 18.1. The molecular formula is C21H18ClN3O. The number of amides is 1. The molecule has 1 atom stereocenters. The van der Waals surface area contributed by atoms with Crippen LogP contribution in [0.1, 0.15) is 22.8 Å². The molecule has 0 aliphatic carbocycles. The molecule has 1 unspecified atom stereocenters. The van der Waals surface area contributed by atoms with Gasteiger partial charge < -0.3 is 10.2 Å². The zero-order valence-electron chi connectivity index (χ0n) is 14.3. The lowest BCUT2D eigenvalue weighted by molar-refractivity contribution is 0.102. The van der Waals surface area contributed by atoms with Crippen molar-refractivity contribution in [2.45, 2.75) is 19.4 Å². The number of pyridine rings is 1. The van der Waals surface area contributed by atoms with Crippen LogP contribution in [0.2, 0.25) is 5.02 Å². The molecule has 130 valence electrons. The van der Waals surface area contributed by atoms with Crippen LogP contribution in [0.25, 0.3) is 0 Å². The van der Waals surface area contributed by atoms with Gasteiger partial charge in [-0.2, -0.15) is 0 Å². The Bertz CT molecular complexity index is 955. The number of halogens is 1. The number of carbonyl (C=O) groups is 1. The standard InChI is InChI=1S/C21H18ClN3O/c1-14-11-15-5-2-3-8-19(15)25(14)18-9-10-20(23-13-18)24-21(26)16-6-4-7-17(22)12-16/h2-10,12-14H,11H2,1H3,(H,23,24,26). The molecule has 0 fully saturated rings. The van der Waals surface area contributed by atoms with Crippen LogP contribution in [0, 0.1) is 0 Å². The van der Waals surface area contributed by atoms with E-state index in [1.165, 1.54) is 11.3 Å². The minimum Gasteiger partial charge on any atom is -0.337 e. The maximum absolute atomic E-state index is 12.3. The van der Waals surface area contributed by atoms with Crippen LogP contribution in [-0.2, 0) is 6.42 Å². The van der Waals surface area contributed by atoms with Crippen LogP contribution in [0.4, 0.5) is 17.2 Å². The molecule has 1 aromatic heterocycles. The molecule has 0 saturated heterocycles. The smallest absolute Gasteiger partial charge is 0.256 e. The fourth-order valence-corrected chi connectivity index (χ4v) is 3.57. The molecule has 2 aromatic carbocycles. The lowest BCUT2D eigenvalue weighted by atomic mass is 10.1. The van der Waals surface area contributed by atoms with Gasteiger partial charge in [0.05, 0.1) is 11.9 Å². The molecule has 0 spiro atoms. The van der Waals surface area contributed by atoms with Gasteiger partial charge >= 0.3 is 0 Å². The van der Waals surface area contributed by atoms with Crippen molar-refractivity contribution >= 4 is 34.7 Å².